The number of carbonyl (C=O) groups is 3. The Labute approximate surface area is 250 Å². The van der Waals surface area contributed by atoms with E-state index in [1.165, 1.54) is 0 Å². The first-order valence-electron chi connectivity index (χ1n) is 12.7. The van der Waals surface area contributed by atoms with Crippen molar-refractivity contribution in [3.63, 3.8) is 0 Å². The van der Waals surface area contributed by atoms with Crippen LogP contribution in [0, 0.1) is 12.3 Å². The number of carboxylic acids is 1. The summed E-state index contributed by atoms with van der Waals surface area (Å²) in [6.07, 6.45) is 0.0450. The number of fused-ring (bicyclic) bond motifs is 2. The van der Waals surface area contributed by atoms with Crippen molar-refractivity contribution >= 4 is 62.6 Å². The van der Waals surface area contributed by atoms with E-state index >= 15 is 0 Å². The van der Waals surface area contributed by atoms with Gasteiger partial charge in [-0.15, -0.1) is 0 Å². The van der Waals surface area contributed by atoms with Gasteiger partial charge in [-0.05, 0) is 79.9 Å². The van der Waals surface area contributed by atoms with Gasteiger partial charge >= 0.3 is 5.97 Å². The van der Waals surface area contributed by atoms with Crippen LogP contribution in [0.25, 0.3) is 0 Å². The maximum Gasteiger partial charge on any atom is 0.312 e. The molecule has 3 aromatic carbocycles. The Kier molecular flexibility index (Phi) is 7.40. The van der Waals surface area contributed by atoms with E-state index in [9.17, 15) is 19.5 Å². The van der Waals surface area contributed by atoms with Gasteiger partial charge in [0.25, 0.3) is 0 Å². The van der Waals surface area contributed by atoms with E-state index in [2.05, 4.69) is 26.6 Å². The zero-order valence-corrected chi connectivity index (χ0v) is 25.1. The maximum atomic E-state index is 14.3. The molecule has 208 valence electrons. The molecule has 10 heteroatoms. The number of aliphatic carboxylic acids is 1. The Balaban J connectivity index is 1.77. The van der Waals surface area contributed by atoms with Crippen molar-refractivity contribution < 1.29 is 24.2 Å². The molecular formula is C30H27BrCl2N2O5. The van der Waals surface area contributed by atoms with Crippen LogP contribution in [0.1, 0.15) is 54.5 Å². The first-order chi connectivity index (χ1) is 18.8. The lowest BCUT2D eigenvalue weighted by Crippen LogP contribution is -2.57. The summed E-state index contributed by atoms with van der Waals surface area (Å²) in [7, 11) is 0. The number of ether oxygens (including phenoxy) is 1. The average molecular weight is 646 g/mol. The molecule has 40 heavy (non-hydrogen) atoms. The number of halogens is 3. The monoisotopic (exact) mass is 644 g/mol. The van der Waals surface area contributed by atoms with E-state index < -0.39 is 28.8 Å². The van der Waals surface area contributed by atoms with E-state index in [1.807, 2.05) is 25.1 Å². The summed E-state index contributed by atoms with van der Waals surface area (Å²) in [5.41, 5.74) is 0.991. The predicted octanol–water partition coefficient (Wildman–Crippen LogP) is 6.79. The molecular weight excluding hydrogens is 619 g/mol. The Morgan fingerprint density at radius 1 is 1.07 bits per heavy atom. The lowest BCUT2D eigenvalue weighted by Gasteiger charge is -2.47. The third kappa shape index (κ3) is 4.76. The van der Waals surface area contributed by atoms with Gasteiger partial charge in [-0.25, -0.2) is 0 Å². The van der Waals surface area contributed by atoms with E-state index in [4.69, 9.17) is 27.9 Å². The molecule has 2 aliphatic heterocycles. The van der Waals surface area contributed by atoms with Crippen LogP contribution in [0.5, 0.6) is 5.75 Å². The summed E-state index contributed by atoms with van der Waals surface area (Å²) in [6.45, 7) is 4.94. The molecule has 3 aromatic rings. The van der Waals surface area contributed by atoms with Gasteiger partial charge in [-0.1, -0.05) is 51.3 Å². The van der Waals surface area contributed by atoms with Crippen LogP contribution in [-0.2, 0) is 19.8 Å². The number of anilines is 1. The third-order valence-electron chi connectivity index (χ3n) is 7.82. The zero-order valence-electron chi connectivity index (χ0n) is 22.0. The largest absolute Gasteiger partial charge is 0.492 e. The third-order valence-corrected chi connectivity index (χ3v) is 8.78. The van der Waals surface area contributed by atoms with Gasteiger partial charge in [-0.3, -0.25) is 14.4 Å². The number of rotatable bonds is 6. The lowest BCUT2D eigenvalue weighted by molar-refractivity contribution is -0.148. The molecule has 1 saturated heterocycles. The molecule has 3 unspecified atom stereocenters. The van der Waals surface area contributed by atoms with Crippen molar-refractivity contribution in [3.8, 4) is 5.75 Å². The zero-order chi connectivity index (χ0) is 29.0. The molecule has 2 amide bonds. The molecule has 5 rings (SSSR count). The number of aryl methyl sites for hydroxylation is 1. The summed E-state index contributed by atoms with van der Waals surface area (Å²) in [4.78, 5) is 39.5. The van der Waals surface area contributed by atoms with Gasteiger partial charge in [0.05, 0.1) is 11.5 Å². The topological polar surface area (TPSA) is 105 Å². The van der Waals surface area contributed by atoms with Gasteiger partial charge < -0.3 is 20.5 Å². The highest BCUT2D eigenvalue weighted by molar-refractivity contribution is 9.10. The fourth-order valence-corrected chi connectivity index (χ4v) is 6.44. The number of piperidine rings is 1. The van der Waals surface area contributed by atoms with Crippen LogP contribution < -0.4 is 15.4 Å². The molecule has 2 heterocycles. The Hall–Kier alpha value is -3.07. The summed E-state index contributed by atoms with van der Waals surface area (Å²) in [5, 5.41) is 16.7. The molecule has 1 fully saturated rings. The molecule has 0 radical (unpaired) electrons. The number of nitrogens with one attached hydrogen (secondary N) is 2. The summed E-state index contributed by atoms with van der Waals surface area (Å²) >= 11 is 16.3. The normalized spacial score (nSPS) is 22.1. The van der Waals surface area contributed by atoms with E-state index in [0.717, 1.165) is 11.1 Å². The van der Waals surface area contributed by atoms with Crippen LogP contribution in [0.15, 0.2) is 59.1 Å². The van der Waals surface area contributed by atoms with Gasteiger partial charge in [0.2, 0.25) is 11.8 Å². The minimum atomic E-state index is -1.30. The second kappa shape index (κ2) is 10.4. The van der Waals surface area contributed by atoms with E-state index in [0.29, 0.717) is 37.1 Å². The summed E-state index contributed by atoms with van der Waals surface area (Å²) < 4.78 is 6.81. The molecule has 0 aliphatic carbocycles. The average Bonchev–Trinajstić information content (AvgIpc) is 3.17. The number of hydrogen-bond donors (Lipinski definition) is 3. The smallest absolute Gasteiger partial charge is 0.312 e. The second-order valence-corrected chi connectivity index (χ2v) is 12.7. The standard InChI is InChI=1S/C30H27BrCl2N2O5/c1-15-4-6-17(32)11-19(15)22-13-25(36)35-26(30(22)21-8-7-18(33)12-23(21)34-27(30)37)20-10-16(31)5-9-24(20)40-14-29(2,3)28(38)39/h4-12,22,26H,13-14H2,1-3H3,(H,34,37)(H,35,36)(H,38,39). The molecule has 2 aliphatic rings. The minimum absolute atomic E-state index is 0.0450. The van der Waals surface area contributed by atoms with Gasteiger partial charge in [0, 0.05) is 38.1 Å². The molecule has 0 aromatic heterocycles. The van der Waals surface area contributed by atoms with Gasteiger partial charge in [0.15, 0.2) is 0 Å². The van der Waals surface area contributed by atoms with Gasteiger partial charge in [0.1, 0.15) is 17.8 Å². The molecule has 3 atom stereocenters. The highest BCUT2D eigenvalue weighted by atomic mass is 79.9. The highest BCUT2D eigenvalue weighted by Gasteiger charge is 2.62. The van der Waals surface area contributed by atoms with Crippen molar-refractivity contribution in [2.45, 2.75) is 44.6 Å². The van der Waals surface area contributed by atoms with Crippen molar-refractivity contribution in [2.75, 3.05) is 11.9 Å². The molecule has 7 nitrogen and oxygen atoms in total. The Bertz CT molecular complexity index is 1560. The van der Waals surface area contributed by atoms with Crippen LogP contribution in [0.2, 0.25) is 10.0 Å². The number of hydrogen-bond acceptors (Lipinski definition) is 4. The fourth-order valence-electron chi connectivity index (χ4n) is 5.70. The van der Waals surface area contributed by atoms with Crippen molar-refractivity contribution in [3.05, 3.63) is 91.4 Å². The van der Waals surface area contributed by atoms with Crippen molar-refractivity contribution in [1.82, 2.24) is 5.32 Å². The van der Waals surface area contributed by atoms with E-state index in [-0.39, 0.29) is 24.8 Å². The minimum Gasteiger partial charge on any atom is -0.492 e. The first-order valence-corrected chi connectivity index (χ1v) is 14.2. The van der Waals surface area contributed by atoms with Crippen molar-refractivity contribution in [1.29, 1.82) is 0 Å². The molecule has 3 N–H and O–H groups in total. The molecule has 1 spiro atoms. The Morgan fingerprint density at radius 2 is 1.77 bits per heavy atom. The van der Waals surface area contributed by atoms with Crippen LogP contribution >= 0.6 is 39.1 Å². The SMILES string of the molecule is Cc1ccc(Cl)cc1C1CC(=O)NC(c2cc(Br)ccc2OCC(C)(C)C(=O)O)C12C(=O)Nc1cc(Cl)ccc12. The first kappa shape index (κ1) is 28.5. The second-order valence-electron chi connectivity index (χ2n) is 10.9. The van der Waals surface area contributed by atoms with Crippen molar-refractivity contribution in [2.24, 2.45) is 5.41 Å². The predicted molar refractivity (Wildman–Crippen MR) is 157 cm³/mol. The lowest BCUT2D eigenvalue weighted by atomic mass is 9.58. The number of benzene rings is 3. The van der Waals surface area contributed by atoms with Gasteiger partial charge in [-0.2, -0.15) is 0 Å². The van der Waals surface area contributed by atoms with Crippen LogP contribution in [0.4, 0.5) is 5.69 Å². The van der Waals surface area contributed by atoms with E-state index in [1.54, 1.807) is 50.2 Å². The molecule has 0 saturated carbocycles. The van der Waals surface area contributed by atoms with Crippen LogP contribution in [-0.4, -0.2) is 29.5 Å². The quantitative estimate of drug-likeness (QED) is 0.274. The summed E-state index contributed by atoms with van der Waals surface area (Å²) in [6, 6.07) is 15.1. The number of amides is 2. The fraction of sp³-hybridized carbons (Fsp3) is 0.300. The maximum absolute atomic E-state index is 14.3. The Morgan fingerprint density at radius 3 is 2.50 bits per heavy atom. The van der Waals surface area contributed by atoms with Crippen LogP contribution in [0.3, 0.4) is 0 Å². The number of carbonyl (C=O) groups excluding carboxylic acids is 2. The molecule has 0 bridgehead atoms. The number of carboxylic acid groups (broad SMARTS) is 1. The summed E-state index contributed by atoms with van der Waals surface area (Å²) in [5.74, 6) is -1.77. The highest BCUT2D eigenvalue weighted by Crippen LogP contribution is 2.59.